The number of primary amides is 1. The Morgan fingerprint density at radius 3 is 1.68 bits per heavy atom. The molecule has 15 amide bonds. The van der Waals surface area contributed by atoms with Crippen LogP contribution >= 0.6 is 11.8 Å². The molecule has 9 rings (SSSR count). The summed E-state index contributed by atoms with van der Waals surface area (Å²) in [4.78, 5) is 283. The summed E-state index contributed by atoms with van der Waals surface area (Å²) in [5, 5.41) is 67.3. The number of nitrogens with one attached hydrogen (secondary N) is 12. The number of fused-ring (bicyclic) bond motifs is 4. The van der Waals surface area contributed by atoms with E-state index in [0.29, 0.717) is 64.2 Å². The molecule has 43 nitrogen and oxygen atoms in total. The molecule has 6 aromatic rings. The number of para-hydroxylation sites is 2. The molecule has 3 fully saturated rings. The number of rotatable bonds is 30. The highest BCUT2D eigenvalue weighted by molar-refractivity contribution is 8.00. The second kappa shape index (κ2) is 52.8. The van der Waals surface area contributed by atoms with Crippen molar-refractivity contribution in [1.29, 1.82) is 0 Å². The maximum atomic E-state index is 15.9. The minimum Gasteiger partial charge on any atom is -0.508 e. The van der Waals surface area contributed by atoms with Gasteiger partial charge in [0.05, 0.1) is 36.5 Å². The molecule has 3 aliphatic rings. The summed E-state index contributed by atoms with van der Waals surface area (Å²) in [7, 11) is 3.93. The first-order valence-corrected chi connectivity index (χ1v) is 48.0. The van der Waals surface area contributed by atoms with Crippen molar-refractivity contribution < 1.29 is 107 Å². The summed E-state index contributed by atoms with van der Waals surface area (Å²) in [5.74, 6) is -20.0. The van der Waals surface area contributed by atoms with Crippen LogP contribution in [0.5, 0.6) is 5.75 Å². The number of aliphatic carboxylic acids is 2. The van der Waals surface area contributed by atoms with Crippen LogP contribution in [0.1, 0.15) is 165 Å². The summed E-state index contributed by atoms with van der Waals surface area (Å²) < 4.78 is 0. The molecule has 138 heavy (non-hydrogen) atoms. The Hall–Kier alpha value is -13.4. The molecular formula is C94H131N21O22S. The molecule has 3 aliphatic heterocycles. The first-order chi connectivity index (χ1) is 65.9. The Bertz CT molecular complexity index is 5270. The number of aliphatic hydroxyl groups excluding tert-OH is 1. The molecule has 15 atom stereocenters. The second-order valence-corrected chi connectivity index (χ2v) is 36.4. The Labute approximate surface area is 802 Å². The Morgan fingerprint density at radius 1 is 0.522 bits per heavy atom. The maximum Gasteiger partial charge on any atom is 0.303 e. The number of ketones is 1. The largest absolute Gasteiger partial charge is 0.508 e. The fraction of sp³-hybridized carbons (Fsp3) is 0.543. The van der Waals surface area contributed by atoms with Crippen LogP contribution in [-0.4, -0.2) is 321 Å². The lowest BCUT2D eigenvalue weighted by Gasteiger charge is -2.36. The maximum absolute atomic E-state index is 15.9. The van der Waals surface area contributed by atoms with E-state index in [9.17, 15) is 63.6 Å². The zero-order chi connectivity index (χ0) is 101. The van der Waals surface area contributed by atoms with Crippen molar-refractivity contribution in [2.45, 2.75) is 253 Å². The number of benzene rings is 3. The number of imidazole rings is 1. The quantitative estimate of drug-likeness (QED) is 0.0255. The number of phenolic OH excluding ortho intramolecular Hbond substituents is 1. The number of nitrogens with two attached hydrogens (primary N) is 3. The van der Waals surface area contributed by atoms with Gasteiger partial charge in [-0.1, -0.05) is 88.1 Å². The van der Waals surface area contributed by atoms with E-state index in [1.165, 1.54) is 69.8 Å². The van der Waals surface area contributed by atoms with Crippen LogP contribution in [0, 0.1) is 5.92 Å². The van der Waals surface area contributed by atoms with Gasteiger partial charge in [0.15, 0.2) is 5.78 Å². The van der Waals surface area contributed by atoms with Crippen molar-refractivity contribution in [3.8, 4) is 5.75 Å². The molecule has 3 aromatic heterocycles. The van der Waals surface area contributed by atoms with Gasteiger partial charge in [0.2, 0.25) is 88.6 Å². The molecule has 0 unspecified atom stereocenters. The highest BCUT2D eigenvalue weighted by Crippen LogP contribution is 2.31. The van der Waals surface area contributed by atoms with Crippen molar-refractivity contribution in [3.63, 3.8) is 0 Å². The Morgan fingerprint density at radius 2 is 1.06 bits per heavy atom. The van der Waals surface area contributed by atoms with Crippen molar-refractivity contribution in [2.75, 3.05) is 65.4 Å². The number of aromatic hydroxyl groups is 1. The van der Waals surface area contributed by atoms with Gasteiger partial charge in [-0.25, -0.2) is 4.98 Å². The average molecular weight is 1940 g/mol. The molecule has 0 aliphatic carbocycles. The first kappa shape index (κ1) is 108. The third-order valence-electron chi connectivity index (χ3n) is 25.3. The van der Waals surface area contributed by atoms with Crippen molar-refractivity contribution in [3.05, 3.63) is 120 Å². The number of carbonyl (C=O) groups is 18. The molecule has 22 N–H and O–H groups in total. The predicted molar refractivity (Wildman–Crippen MR) is 506 cm³/mol. The van der Waals surface area contributed by atoms with Gasteiger partial charge >= 0.3 is 11.9 Å². The molecule has 44 heteroatoms. The number of carboxylic acid groups (broad SMARTS) is 2. The van der Waals surface area contributed by atoms with E-state index >= 15 is 43.2 Å². The fourth-order valence-electron chi connectivity index (χ4n) is 17.4. The predicted octanol–water partition coefficient (Wildman–Crippen LogP) is -0.418. The lowest BCUT2D eigenvalue weighted by molar-refractivity contribution is -0.149. The van der Waals surface area contributed by atoms with Gasteiger partial charge in [0.1, 0.15) is 78.3 Å². The number of H-pyrrole nitrogens is 3. The van der Waals surface area contributed by atoms with Gasteiger partial charge in [0.25, 0.3) is 0 Å². The molecule has 750 valence electrons. The summed E-state index contributed by atoms with van der Waals surface area (Å²) in [6, 6.07) is -0.169. The molecule has 0 bridgehead atoms. The number of carboxylic acids is 2. The van der Waals surface area contributed by atoms with Gasteiger partial charge in [-0.3, -0.25) is 86.3 Å². The lowest BCUT2D eigenvalue weighted by atomic mass is 9.90. The summed E-state index contributed by atoms with van der Waals surface area (Å²) in [6.07, 6.45) is 1.96. The number of Topliss-reactive ketones (excluding diaryl/α,β-unsaturated/α-hetero) is 1. The number of carbonyl (C=O) groups excluding carboxylic acids is 16. The SMILES string of the molecule is CCCC[C@H]1C(=O)N(C)[C@@H](CCCC)C(=O)N[C@@H](CCC(=O)O)C(=O)N[C@H](C(=O)NCC(N)=O)CSCC(=O)N[C@@H](Cc2ccc(O)cc2)C(=O)N(C)[C@@H](C)C(=O)N[C@@H](CCCN)C(=O)N2CCC[C@H]2C(=O)N[C@@H](Cc2c[nH]cn2)C(=O)N[C@@H](CCC(=O)O)C(=O)N2C[C@H](O)C[C@H]2C(=O)C[C@@H](Cc2c[nH]c3ccccc23)C(=O)N[C@@H](CCCCN)C(=O)N[C@@H](Cc2c[nH]c3ccccc23)C(=O)N1C. The summed E-state index contributed by atoms with van der Waals surface area (Å²) in [6.45, 7) is 3.82. The van der Waals surface area contributed by atoms with Crippen molar-refractivity contribution >= 4 is 140 Å². The molecular weight excluding hydrogens is 1810 g/mol. The van der Waals surface area contributed by atoms with Crippen LogP contribution in [0.3, 0.4) is 0 Å². The van der Waals surface area contributed by atoms with E-state index in [-0.39, 0.29) is 115 Å². The van der Waals surface area contributed by atoms with E-state index in [1.807, 2.05) is 13.8 Å². The highest BCUT2D eigenvalue weighted by Gasteiger charge is 2.47. The number of likely N-dealkylation sites (N-methyl/N-ethyl adjacent to an activating group) is 3. The summed E-state index contributed by atoms with van der Waals surface area (Å²) in [5.41, 5.74) is 20.5. The van der Waals surface area contributed by atoms with Gasteiger partial charge in [-0.05, 0) is 138 Å². The summed E-state index contributed by atoms with van der Waals surface area (Å²) >= 11 is 0.732. The van der Waals surface area contributed by atoms with Crippen LogP contribution < -0.4 is 65.1 Å². The molecule has 0 spiro atoms. The van der Waals surface area contributed by atoms with Crippen molar-refractivity contribution in [2.24, 2.45) is 23.1 Å². The zero-order valence-corrected chi connectivity index (χ0v) is 79.4. The van der Waals surface area contributed by atoms with E-state index in [4.69, 9.17) is 17.2 Å². The Kier molecular flexibility index (Phi) is 41.4. The van der Waals surface area contributed by atoms with E-state index in [1.54, 1.807) is 60.9 Å². The number of hydrogen-bond donors (Lipinski definition) is 19. The zero-order valence-electron chi connectivity index (χ0n) is 78.6. The standard InChI is InChI=1S/C94H131N21O22S/c1-7-9-25-73-88(131)105-66(32-34-80(121)122)86(129)110-72(84(127)101-48-78(97)119)50-138-51-79(120)103-70(39-54-28-30-59(116)31-29-54)90(133)111(4)53(3)82(125)106-67(24-17-37-96)92(135)114-38-18-27-74(114)89(132)108-69(43-58-47-98-52-102-58)87(130)107-68(33-35-81(123)124)93(136)115-49-60(117)44-76(115)77(118)42-55(40-56-45-99-63-21-13-11-19-61(56)63)83(126)104-65(23-15-16-36-95)85(128)109-71(41-57-46-100-64-22-14-12-20-62(57)64)91(134)113(6)75(26-10-8-2)94(137)112(73)5/h11-14,19-22,28-31,45-47,52-53,55,60,65-76,99-100,116-117H,7-10,15-18,23-27,32-44,48-51,95-96H2,1-6H3,(H2,97,119)(H,98,102)(H,101,127)(H,103,120)(H,104,126)(H,105,131)(H,106,125)(H,107,130)(H,108,132)(H,109,128)(H,110,129)(H,121,122)(H,123,124)/t53-,55+,60+,65-,66-,67-,68-,69-,70-,71-,72-,73-,74-,75-,76-/m0/s1. The third kappa shape index (κ3) is 30.6. The van der Waals surface area contributed by atoms with Crippen LogP contribution in [-0.2, 0) is 112 Å². The number of nitrogens with zero attached hydrogens (tertiary/aromatic N) is 6. The number of phenols is 1. The number of unbranched alkanes of at least 4 members (excludes halogenated alkanes) is 3. The molecule has 3 saturated heterocycles. The normalized spacial score (nSPS) is 24.5. The third-order valence-corrected chi connectivity index (χ3v) is 26.3. The molecule has 6 heterocycles. The highest BCUT2D eigenvalue weighted by atomic mass is 32.2. The van der Waals surface area contributed by atoms with Gasteiger partial charge in [-0.2, -0.15) is 0 Å². The number of aromatic amines is 3. The molecule has 0 saturated carbocycles. The lowest BCUT2D eigenvalue weighted by Crippen LogP contribution is -2.60. The van der Waals surface area contributed by atoms with Crippen molar-refractivity contribution in [1.82, 2.24) is 92.3 Å². The minimum atomic E-state index is -1.79. The van der Waals surface area contributed by atoms with Gasteiger partial charge in [-0.15, -0.1) is 11.8 Å². The first-order valence-electron chi connectivity index (χ1n) is 46.8. The van der Waals surface area contributed by atoms with Gasteiger partial charge < -0.3 is 125 Å². The second-order valence-electron chi connectivity index (χ2n) is 35.4. The van der Waals surface area contributed by atoms with E-state index in [0.717, 1.165) is 31.4 Å². The number of amides is 15. The van der Waals surface area contributed by atoms with Crippen LogP contribution in [0.4, 0.5) is 0 Å². The van der Waals surface area contributed by atoms with Crippen LogP contribution in [0.25, 0.3) is 21.8 Å². The average Bonchev–Trinajstić information content (AvgIpc) is 1.60. The topological polar surface area (TPSA) is 651 Å². The number of thioether (sulfide) groups is 1. The number of aromatic nitrogens is 4. The molecule has 0 radical (unpaired) electrons. The molecule has 3 aromatic carbocycles. The smallest absolute Gasteiger partial charge is 0.303 e. The van der Waals surface area contributed by atoms with E-state index < -0.39 is 260 Å². The van der Waals surface area contributed by atoms with Gasteiger partial charge in [0, 0.05) is 131 Å². The number of aliphatic hydroxyl groups is 1. The van der Waals surface area contributed by atoms with Crippen LogP contribution in [0.15, 0.2) is 97.7 Å². The monoisotopic (exact) mass is 1940 g/mol. The minimum absolute atomic E-state index is 0.0174. The van der Waals surface area contributed by atoms with Crippen LogP contribution in [0.2, 0.25) is 0 Å². The Balaban J connectivity index is 1.12. The van der Waals surface area contributed by atoms with E-state index in [2.05, 4.69) is 67.8 Å². The fourth-order valence-corrected chi connectivity index (χ4v) is 18.2. The number of hydrogen-bond acceptors (Lipinski definition) is 24.